The summed E-state index contributed by atoms with van der Waals surface area (Å²) >= 11 is 0. The molecular weight excluding hydrogens is 680 g/mol. The number of aryl methyl sites for hydroxylation is 1. The summed E-state index contributed by atoms with van der Waals surface area (Å²) in [5.41, 5.74) is 10.5. The summed E-state index contributed by atoms with van der Waals surface area (Å²) in [7, 11) is -3.69. The van der Waals surface area contributed by atoms with E-state index in [1.807, 2.05) is 37.3 Å². The highest BCUT2D eigenvalue weighted by atomic mass is 35.5. The van der Waals surface area contributed by atoms with Crippen molar-refractivity contribution in [3.8, 4) is 22.5 Å². The van der Waals surface area contributed by atoms with Gasteiger partial charge < -0.3 is 21.1 Å². The molecule has 1 aromatic heterocycles. The molecule has 50 heavy (non-hydrogen) atoms. The Morgan fingerprint density at radius 3 is 2.42 bits per heavy atom. The minimum Gasteiger partial charge on any atom is -0.379 e. The number of benzene rings is 3. The molecule has 2 aliphatic rings. The number of rotatable bonds is 11. The van der Waals surface area contributed by atoms with Gasteiger partial charge in [-0.2, -0.15) is 9.52 Å². The second-order valence-electron chi connectivity index (χ2n) is 12.7. The Balaban J connectivity index is 0.00000486. The molecule has 6 rings (SSSR count). The number of nitrogens with two attached hydrogens (primary N) is 1. The van der Waals surface area contributed by atoms with E-state index in [0.29, 0.717) is 50.3 Å². The normalized spacial score (nSPS) is 18.8. The number of carbonyl (C=O) groups excluding carboxylic acids is 2. The molecule has 2 fully saturated rings. The lowest BCUT2D eigenvalue weighted by Crippen LogP contribution is -2.48. The second-order valence-corrected chi connectivity index (χ2v) is 14.7. The van der Waals surface area contributed by atoms with E-state index in [0.717, 1.165) is 53.5 Å². The molecule has 1 atom stereocenters. The van der Waals surface area contributed by atoms with Crippen molar-refractivity contribution in [2.75, 3.05) is 38.2 Å². The van der Waals surface area contributed by atoms with Gasteiger partial charge in [0.15, 0.2) is 0 Å². The van der Waals surface area contributed by atoms with E-state index in [2.05, 4.69) is 31.3 Å². The van der Waals surface area contributed by atoms with Crippen LogP contribution in [0.2, 0.25) is 0 Å². The van der Waals surface area contributed by atoms with Crippen LogP contribution in [0.25, 0.3) is 22.5 Å². The summed E-state index contributed by atoms with van der Waals surface area (Å²) in [4.78, 5) is 27.5. The summed E-state index contributed by atoms with van der Waals surface area (Å²) < 4.78 is 33.7. The van der Waals surface area contributed by atoms with Gasteiger partial charge in [-0.1, -0.05) is 30.3 Å². The maximum Gasteiger partial charge on any atom is 0.247 e. The number of nitrogens with one attached hydrogen (secondary N) is 3. The first-order valence-corrected chi connectivity index (χ1v) is 18.1. The van der Waals surface area contributed by atoms with Crippen molar-refractivity contribution < 1.29 is 22.7 Å². The van der Waals surface area contributed by atoms with Gasteiger partial charge in [0.1, 0.15) is 6.04 Å². The first kappa shape index (κ1) is 37.1. The number of morpholine rings is 1. The number of nitrogens with zero attached hydrogens (tertiary/aromatic N) is 4. The Morgan fingerprint density at radius 1 is 1.00 bits per heavy atom. The molecule has 5 N–H and O–H groups in total. The van der Waals surface area contributed by atoms with Gasteiger partial charge in [-0.25, -0.2) is 8.42 Å². The molecule has 1 aliphatic heterocycles. The first-order chi connectivity index (χ1) is 23.7. The molecule has 1 saturated carbocycles. The predicted molar refractivity (Wildman–Crippen MR) is 192 cm³/mol. The Morgan fingerprint density at radius 2 is 1.74 bits per heavy atom. The van der Waals surface area contributed by atoms with Crippen LogP contribution in [0.3, 0.4) is 0 Å². The standard InChI is InChI=1S/C35H42N8O5S.ClH/c1-23-5-14-30(49(46,47)43-15-17-48-18-16-43)21-31(23)28-4-2-3-25(19-28)20-32(38-34(44)27-8-6-24(22-36)7-9-27)35(45)37-29-12-10-26(11-13-29)33-39-41-42-40-33;/h2-5,10-14,19,21,24,27,32H,6-9,15-18,20,22,36H2,1H3,(H,37,45)(H,38,44)(H,39,40,41,42);1H/t24?,27?,32-;/m0./s1. The van der Waals surface area contributed by atoms with Gasteiger partial charge in [0.25, 0.3) is 0 Å². The summed E-state index contributed by atoms with van der Waals surface area (Å²) in [6.45, 7) is 3.91. The number of hydrogen-bond donors (Lipinski definition) is 4. The quantitative estimate of drug-likeness (QED) is 0.179. The fraction of sp³-hybridized carbons (Fsp3) is 0.400. The van der Waals surface area contributed by atoms with E-state index in [4.69, 9.17) is 10.5 Å². The summed E-state index contributed by atoms with van der Waals surface area (Å²) in [6, 6.07) is 19.0. The first-order valence-electron chi connectivity index (χ1n) is 16.6. The molecule has 0 unspecified atom stereocenters. The Hall–Kier alpha value is -4.21. The summed E-state index contributed by atoms with van der Waals surface area (Å²) in [5, 5.41) is 20.0. The molecule has 266 valence electrons. The lowest BCUT2D eigenvalue weighted by molar-refractivity contribution is -0.130. The second kappa shape index (κ2) is 16.7. The minimum atomic E-state index is -3.69. The number of aromatic amines is 1. The van der Waals surface area contributed by atoms with Crippen molar-refractivity contribution in [2.24, 2.45) is 17.6 Å². The molecule has 0 spiro atoms. The van der Waals surface area contributed by atoms with Crippen molar-refractivity contribution in [3.63, 3.8) is 0 Å². The molecule has 0 bridgehead atoms. The average molecular weight is 723 g/mol. The Labute approximate surface area is 298 Å². The Kier molecular flexibility index (Phi) is 12.4. The smallest absolute Gasteiger partial charge is 0.247 e. The molecule has 15 heteroatoms. The molecule has 1 aliphatic carbocycles. The maximum absolute atomic E-state index is 13.8. The number of H-pyrrole nitrogens is 1. The van der Waals surface area contributed by atoms with Gasteiger partial charge in [-0.05, 0) is 109 Å². The fourth-order valence-electron chi connectivity index (χ4n) is 6.49. The third kappa shape index (κ3) is 8.74. The van der Waals surface area contributed by atoms with Gasteiger partial charge in [-0.15, -0.1) is 22.6 Å². The number of ether oxygens (including phenoxy) is 1. The number of sulfonamides is 1. The highest BCUT2D eigenvalue weighted by Gasteiger charge is 2.30. The monoisotopic (exact) mass is 722 g/mol. The molecule has 3 aromatic carbocycles. The largest absolute Gasteiger partial charge is 0.379 e. The van der Waals surface area contributed by atoms with Gasteiger partial charge in [0.05, 0.1) is 18.1 Å². The summed E-state index contributed by atoms with van der Waals surface area (Å²) in [6.07, 6.45) is 3.48. The van der Waals surface area contributed by atoms with Crippen LogP contribution in [0.4, 0.5) is 5.69 Å². The molecular formula is C35H43ClN8O5S. The SMILES string of the molecule is Cc1ccc(S(=O)(=O)N2CCOCC2)cc1-c1cccc(C[C@H](NC(=O)C2CCC(CN)CC2)C(=O)Nc2ccc(-c3nn[nH]n3)cc2)c1.Cl. The van der Waals surface area contributed by atoms with E-state index in [1.54, 1.807) is 36.4 Å². The predicted octanol–water partition coefficient (Wildman–Crippen LogP) is 3.72. The minimum absolute atomic E-state index is 0. The van der Waals surface area contributed by atoms with E-state index >= 15 is 0 Å². The van der Waals surface area contributed by atoms with Crippen LogP contribution >= 0.6 is 12.4 Å². The molecule has 2 amide bonds. The van der Waals surface area contributed by atoms with E-state index < -0.39 is 16.1 Å². The van der Waals surface area contributed by atoms with Crippen LogP contribution < -0.4 is 16.4 Å². The highest BCUT2D eigenvalue weighted by molar-refractivity contribution is 7.89. The van der Waals surface area contributed by atoms with Gasteiger partial charge in [-0.3, -0.25) is 9.59 Å². The molecule has 4 aromatic rings. The lowest BCUT2D eigenvalue weighted by atomic mass is 9.81. The topological polar surface area (TPSA) is 185 Å². The zero-order chi connectivity index (χ0) is 34.4. The highest BCUT2D eigenvalue weighted by Crippen LogP contribution is 2.30. The number of tetrazole rings is 1. The number of amides is 2. The van der Waals surface area contributed by atoms with Crippen molar-refractivity contribution in [1.82, 2.24) is 30.2 Å². The summed E-state index contributed by atoms with van der Waals surface area (Å²) in [5.74, 6) is 0.184. The third-order valence-corrected chi connectivity index (χ3v) is 11.3. The number of carbonyl (C=O) groups is 2. The van der Waals surface area contributed by atoms with E-state index in [9.17, 15) is 18.0 Å². The number of halogens is 1. The molecule has 1 saturated heterocycles. The maximum atomic E-state index is 13.8. The zero-order valence-corrected chi connectivity index (χ0v) is 29.5. The van der Waals surface area contributed by atoms with Crippen molar-refractivity contribution in [1.29, 1.82) is 0 Å². The zero-order valence-electron chi connectivity index (χ0n) is 27.9. The lowest BCUT2D eigenvalue weighted by Gasteiger charge is -2.28. The van der Waals surface area contributed by atoms with Crippen LogP contribution in [0.1, 0.15) is 36.8 Å². The van der Waals surface area contributed by atoms with Gasteiger partial charge in [0, 0.05) is 36.7 Å². The van der Waals surface area contributed by atoms with E-state index in [-0.39, 0.29) is 41.5 Å². The number of aromatic nitrogens is 4. The van der Waals surface area contributed by atoms with E-state index in [1.165, 1.54) is 4.31 Å². The average Bonchev–Trinajstić information content (AvgIpc) is 3.68. The van der Waals surface area contributed by atoms with Crippen LogP contribution in [0, 0.1) is 18.8 Å². The van der Waals surface area contributed by atoms with Gasteiger partial charge in [0.2, 0.25) is 27.7 Å². The number of hydrogen-bond acceptors (Lipinski definition) is 9. The Bertz CT molecular complexity index is 1860. The van der Waals surface area contributed by atoms with Crippen molar-refractivity contribution >= 4 is 39.9 Å². The van der Waals surface area contributed by atoms with Crippen molar-refractivity contribution in [2.45, 2.75) is 50.0 Å². The molecule has 0 radical (unpaired) electrons. The van der Waals surface area contributed by atoms with Gasteiger partial charge >= 0.3 is 0 Å². The number of anilines is 1. The fourth-order valence-corrected chi connectivity index (χ4v) is 7.92. The molecule has 2 heterocycles. The van der Waals surface area contributed by atoms with Crippen molar-refractivity contribution in [3.05, 3.63) is 77.9 Å². The molecule has 13 nitrogen and oxygen atoms in total. The van der Waals surface area contributed by atoms with Crippen LogP contribution in [0.5, 0.6) is 0 Å². The van der Waals surface area contributed by atoms with Crippen LogP contribution in [0.15, 0.2) is 71.6 Å². The van der Waals surface area contributed by atoms with Crippen LogP contribution in [-0.4, -0.2) is 84.1 Å². The third-order valence-electron chi connectivity index (χ3n) is 9.43. The van der Waals surface area contributed by atoms with Crippen LogP contribution in [-0.2, 0) is 30.8 Å².